The Labute approximate surface area is 125 Å². The van der Waals surface area contributed by atoms with Crippen LogP contribution in [-0.4, -0.2) is 11.9 Å². The topological polar surface area (TPSA) is 53.1 Å². The van der Waals surface area contributed by atoms with Crippen LogP contribution in [0.2, 0.25) is 0 Å². The Morgan fingerprint density at radius 2 is 2.00 bits per heavy atom. The van der Waals surface area contributed by atoms with E-state index in [0.717, 1.165) is 29.9 Å². The van der Waals surface area contributed by atoms with Crippen LogP contribution in [0.4, 0.5) is 14.5 Å². The standard InChI is InChI=1S/C15H15F2N3S/c16-12-6-9(15(18)19)7-13(17)14(12)20(10-3-4-10)8-11-2-1-5-21-11/h1-2,5-7,10H,3-4,8H2,(H3,18,19). The molecule has 1 aromatic heterocycles. The van der Waals surface area contributed by atoms with Crippen molar-refractivity contribution in [3.8, 4) is 0 Å². The molecule has 1 heterocycles. The quantitative estimate of drug-likeness (QED) is 0.656. The molecule has 110 valence electrons. The molecule has 3 N–H and O–H groups in total. The smallest absolute Gasteiger partial charge is 0.150 e. The summed E-state index contributed by atoms with van der Waals surface area (Å²) >= 11 is 1.57. The minimum absolute atomic E-state index is 0.0177. The van der Waals surface area contributed by atoms with E-state index in [1.54, 1.807) is 16.2 Å². The molecule has 0 unspecified atom stereocenters. The highest BCUT2D eigenvalue weighted by Gasteiger charge is 2.33. The Hall–Kier alpha value is -1.95. The summed E-state index contributed by atoms with van der Waals surface area (Å²) in [6, 6.07) is 6.32. The summed E-state index contributed by atoms with van der Waals surface area (Å²) in [7, 11) is 0. The van der Waals surface area contributed by atoms with Crippen molar-refractivity contribution < 1.29 is 8.78 Å². The molecule has 0 bridgehead atoms. The normalized spacial score (nSPS) is 14.2. The zero-order chi connectivity index (χ0) is 15.0. The molecule has 1 aliphatic carbocycles. The summed E-state index contributed by atoms with van der Waals surface area (Å²) < 4.78 is 28.6. The van der Waals surface area contributed by atoms with E-state index in [1.165, 1.54) is 0 Å². The zero-order valence-electron chi connectivity index (χ0n) is 11.3. The highest BCUT2D eigenvalue weighted by Crippen LogP contribution is 2.37. The van der Waals surface area contributed by atoms with Gasteiger partial charge in [0.1, 0.15) is 23.2 Å². The van der Waals surface area contributed by atoms with Crippen LogP contribution < -0.4 is 10.6 Å². The van der Waals surface area contributed by atoms with Gasteiger partial charge in [-0.05, 0) is 36.4 Å². The molecule has 1 aliphatic rings. The maximum Gasteiger partial charge on any atom is 0.150 e. The summed E-state index contributed by atoms with van der Waals surface area (Å²) in [5.41, 5.74) is 5.35. The van der Waals surface area contributed by atoms with Crippen molar-refractivity contribution in [3.63, 3.8) is 0 Å². The first-order chi connectivity index (χ1) is 10.1. The van der Waals surface area contributed by atoms with E-state index in [0.29, 0.717) is 6.54 Å². The maximum absolute atomic E-state index is 14.3. The van der Waals surface area contributed by atoms with Gasteiger partial charge in [-0.15, -0.1) is 11.3 Å². The molecule has 2 aromatic rings. The van der Waals surface area contributed by atoms with Crippen LogP contribution in [-0.2, 0) is 6.54 Å². The van der Waals surface area contributed by atoms with Crippen LogP contribution >= 0.6 is 11.3 Å². The highest BCUT2D eigenvalue weighted by molar-refractivity contribution is 7.09. The fourth-order valence-electron chi connectivity index (χ4n) is 2.34. The van der Waals surface area contributed by atoms with Gasteiger partial charge < -0.3 is 10.6 Å². The molecule has 3 nitrogen and oxygen atoms in total. The molecule has 6 heteroatoms. The van der Waals surface area contributed by atoms with Gasteiger partial charge in [0.2, 0.25) is 0 Å². The van der Waals surface area contributed by atoms with Crippen LogP contribution in [0, 0.1) is 17.0 Å². The first-order valence-electron chi connectivity index (χ1n) is 6.68. The number of anilines is 1. The number of nitrogens with two attached hydrogens (primary N) is 1. The van der Waals surface area contributed by atoms with Gasteiger partial charge >= 0.3 is 0 Å². The minimum Gasteiger partial charge on any atom is -0.384 e. The van der Waals surface area contributed by atoms with Gasteiger partial charge in [-0.3, -0.25) is 5.41 Å². The number of benzene rings is 1. The molecule has 0 spiro atoms. The Bertz CT molecular complexity index is 643. The lowest BCUT2D eigenvalue weighted by atomic mass is 10.1. The number of amidine groups is 1. The predicted molar refractivity (Wildman–Crippen MR) is 80.9 cm³/mol. The van der Waals surface area contributed by atoms with Gasteiger partial charge in [0.25, 0.3) is 0 Å². The van der Waals surface area contributed by atoms with Crippen LogP contribution in [0.1, 0.15) is 23.3 Å². The lowest BCUT2D eigenvalue weighted by Crippen LogP contribution is -2.27. The van der Waals surface area contributed by atoms with Crippen molar-refractivity contribution in [1.82, 2.24) is 0 Å². The molecule has 3 rings (SSSR count). The minimum atomic E-state index is -0.663. The summed E-state index contributed by atoms with van der Waals surface area (Å²) in [4.78, 5) is 2.84. The third kappa shape index (κ3) is 2.90. The zero-order valence-corrected chi connectivity index (χ0v) is 12.1. The van der Waals surface area contributed by atoms with E-state index in [-0.39, 0.29) is 23.1 Å². The number of nitrogens with one attached hydrogen (secondary N) is 1. The fraction of sp³-hybridized carbons (Fsp3) is 0.267. The van der Waals surface area contributed by atoms with Gasteiger partial charge in [0.15, 0.2) is 0 Å². The molecule has 0 radical (unpaired) electrons. The molecule has 0 saturated heterocycles. The molecule has 0 amide bonds. The Morgan fingerprint density at radius 3 is 2.48 bits per heavy atom. The fourth-order valence-corrected chi connectivity index (χ4v) is 3.05. The lowest BCUT2D eigenvalue weighted by molar-refractivity contribution is 0.568. The second-order valence-corrected chi connectivity index (χ2v) is 6.17. The summed E-state index contributed by atoms with van der Waals surface area (Å²) in [5, 5.41) is 9.24. The van der Waals surface area contributed by atoms with Gasteiger partial charge in [0, 0.05) is 16.5 Å². The van der Waals surface area contributed by atoms with Crippen molar-refractivity contribution in [2.45, 2.75) is 25.4 Å². The monoisotopic (exact) mass is 307 g/mol. The number of nitrogen functional groups attached to an aromatic ring is 1. The van der Waals surface area contributed by atoms with E-state index in [1.807, 2.05) is 17.5 Å². The predicted octanol–water partition coefficient (Wildman–Crippen LogP) is 3.48. The molecule has 21 heavy (non-hydrogen) atoms. The Balaban J connectivity index is 1.97. The van der Waals surface area contributed by atoms with Crippen molar-refractivity contribution in [1.29, 1.82) is 5.41 Å². The molecular formula is C15H15F2N3S. The highest BCUT2D eigenvalue weighted by atomic mass is 32.1. The van der Waals surface area contributed by atoms with Crippen LogP contribution in [0.3, 0.4) is 0 Å². The number of nitrogens with zero attached hydrogens (tertiary/aromatic N) is 1. The SMILES string of the molecule is N=C(N)c1cc(F)c(N(Cc2cccs2)C2CC2)c(F)c1. The third-order valence-electron chi connectivity index (χ3n) is 3.51. The van der Waals surface area contributed by atoms with Crippen molar-refractivity contribution in [3.05, 3.63) is 51.7 Å². The average Bonchev–Trinajstić information content (AvgIpc) is 3.14. The van der Waals surface area contributed by atoms with E-state index in [9.17, 15) is 8.78 Å². The van der Waals surface area contributed by atoms with Gasteiger partial charge in [-0.1, -0.05) is 6.07 Å². The van der Waals surface area contributed by atoms with Crippen LogP contribution in [0.15, 0.2) is 29.6 Å². The number of rotatable bonds is 5. The lowest BCUT2D eigenvalue weighted by Gasteiger charge is -2.25. The van der Waals surface area contributed by atoms with Crippen LogP contribution in [0.25, 0.3) is 0 Å². The summed E-state index contributed by atoms with van der Waals surface area (Å²) in [6.07, 6.45) is 1.89. The molecule has 1 fully saturated rings. The number of hydrogen-bond donors (Lipinski definition) is 2. The van der Waals surface area contributed by atoms with E-state index in [2.05, 4.69) is 0 Å². The second kappa shape index (κ2) is 5.44. The number of halogens is 2. The van der Waals surface area contributed by atoms with Gasteiger partial charge in [0.05, 0.1) is 6.54 Å². The van der Waals surface area contributed by atoms with Crippen molar-refractivity contribution >= 4 is 22.9 Å². The third-order valence-corrected chi connectivity index (χ3v) is 4.37. The summed E-state index contributed by atoms with van der Waals surface area (Å²) in [6.45, 7) is 0.496. The largest absolute Gasteiger partial charge is 0.384 e. The first-order valence-corrected chi connectivity index (χ1v) is 7.56. The summed E-state index contributed by atoms with van der Waals surface area (Å²) in [5.74, 6) is -1.66. The van der Waals surface area contributed by atoms with Crippen molar-refractivity contribution in [2.75, 3.05) is 4.90 Å². The Morgan fingerprint density at radius 1 is 1.33 bits per heavy atom. The van der Waals surface area contributed by atoms with E-state index >= 15 is 0 Å². The van der Waals surface area contributed by atoms with E-state index < -0.39 is 11.6 Å². The van der Waals surface area contributed by atoms with Crippen LogP contribution in [0.5, 0.6) is 0 Å². The van der Waals surface area contributed by atoms with Crippen molar-refractivity contribution in [2.24, 2.45) is 5.73 Å². The molecule has 1 saturated carbocycles. The molecular weight excluding hydrogens is 292 g/mol. The molecule has 0 aliphatic heterocycles. The number of thiophene rings is 1. The van der Waals surface area contributed by atoms with E-state index in [4.69, 9.17) is 11.1 Å². The average molecular weight is 307 g/mol. The molecule has 1 aromatic carbocycles. The molecule has 0 atom stereocenters. The second-order valence-electron chi connectivity index (χ2n) is 5.14. The van der Waals surface area contributed by atoms with Gasteiger partial charge in [-0.2, -0.15) is 0 Å². The Kier molecular flexibility index (Phi) is 3.63. The number of hydrogen-bond acceptors (Lipinski definition) is 3. The first kappa shape index (κ1) is 14.0. The maximum atomic E-state index is 14.3. The van der Waals surface area contributed by atoms with Gasteiger partial charge in [-0.25, -0.2) is 8.78 Å².